The molecule has 0 aliphatic carbocycles. The van der Waals surface area contributed by atoms with Gasteiger partial charge >= 0.3 is 0 Å². The normalized spacial score (nSPS) is 13.0. The van der Waals surface area contributed by atoms with Gasteiger partial charge in [-0.15, -0.1) is 6.58 Å². The van der Waals surface area contributed by atoms with E-state index in [-0.39, 0.29) is 17.4 Å². The predicted octanol–water partition coefficient (Wildman–Crippen LogP) is 3.69. The molecule has 1 aromatic carbocycles. The Bertz CT molecular complexity index is 876. The molecule has 0 spiro atoms. The van der Waals surface area contributed by atoms with Gasteiger partial charge in [0.25, 0.3) is 11.8 Å². The van der Waals surface area contributed by atoms with Crippen LogP contribution in [0.5, 0.6) is 0 Å². The first kappa shape index (κ1) is 18.5. The fourth-order valence-corrected chi connectivity index (χ4v) is 3.25. The largest absolute Gasteiger partial charge is 0.346 e. The molecule has 2 aromatic rings. The highest BCUT2D eigenvalue weighted by molar-refractivity contribution is 6.35. The standard InChI is InChI=1S/C18H18Cl2N4O2/c1-2-8-21-18(26)16-23-15(14-5-3-4-9-24(14)16)17(25)22-13-10-11(19)6-7-12(13)20/h2,6-7,10H,1,3-5,8-9H2,(H,21,26)(H,22,25). The lowest BCUT2D eigenvalue weighted by molar-refractivity contribution is 0.0942. The van der Waals surface area contributed by atoms with Gasteiger partial charge in [0.2, 0.25) is 0 Å². The van der Waals surface area contributed by atoms with Crippen LogP contribution in [0.3, 0.4) is 0 Å². The van der Waals surface area contributed by atoms with Gasteiger partial charge in [0, 0.05) is 18.1 Å². The molecule has 0 fully saturated rings. The van der Waals surface area contributed by atoms with Crippen molar-refractivity contribution in [3.8, 4) is 0 Å². The van der Waals surface area contributed by atoms with Crippen molar-refractivity contribution in [2.75, 3.05) is 11.9 Å². The molecule has 26 heavy (non-hydrogen) atoms. The summed E-state index contributed by atoms with van der Waals surface area (Å²) in [4.78, 5) is 29.4. The van der Waals surface area contributed by atoms with Crippen molar-refractivity contribution < 1.29 is 9.59 Å². The predicted molar refractivity (Wildman–Crippen MR) is 102 cm³/mol. The minimum atomic E-state index is -0.414. The number of hydrogen-bond donors (Lipinski definition) is 2. The zero-order valence-corrected chi connectivity index (χ0v) is 15.5. The topological polar surface area (TPSA) is 76.0 Å². The van der Waals surface area contributed by atoms with Crippen molar-refractivity contribution in [2.45, 2.75) is 25.8 Å². The van der Waals surface area contributed by atoms with Crippen LogP contribution in [0.4, 0.5) is 5.69 Å². The van der Waals surface area contributed by atoms with Gasteiger partial charge in [-0.2, -0.15) is 0 Å². The smallest absolute Gasteiger partial charge is 0.287 e. The summed E-state index contributed by atoms with van der Waals surface area (Å²) < 4.78 is 1.82. The second kappa shape index (κ2) is 7.93. The Morgan fingerprint density at radius 3 is 2.85 bits per heavy atom. The first-order chi connectivity index (χ1) is 12.5. The van der Waals surface area contributed by atoms with Crippen molar-refractivity contribution in [2.24, 2.45) is 0 Å². The number of halogens is 2. The minimum absolute atomic E-state index is 0.240. The van der Waals surface area contributed by atoms with Gasteiger partial charge in [0.1, 0.15) is 0 Å². The molecule has 8 heteroatoms. The van der Waals surface area contributed by atoms with Crippen molar-refractivity contribution in [3.05, 3.63) is 58.1 Å². The SMILES string of the molecule is C=CCNC(=O)c1nc(C(=O)Nc2cc(Cl)ccc2Cl)c2n1CCCC2. The van der Waals surface area contributed by atoms with Crippen molar-refractivity contribution >= 4 is 40.7 Å². The number of carbonyl (C=O) groups is 2. The Morgan fingerprint density at radius 1 is 1.27 bits per heavy atom. The zero-order chi connectivity index (χ0) is 18.7. The lowest BCUT2D eigenvalue weighted by Crippen LogP contribution is -2.28. The van der Waals surface area contributed by atoms with Crippen molar-refractivity contribution in [3.63, 3.8) is 0 Å². The monoisotopic (exact) mass is 392 g/mol. The number of imidazole rings is 1. The van der Waals surface area contributed by atoms with E-state index in [1.165, 1.54) is 0 Å². The van der Waals surface area contributed by atoms with Crippen LogP contribution in [0.2, 0.25) is 10.0 Å². The highest BCUT2D eigenvalue weighted by Crippen LogP contribution is 2.27. The second-order valence-electron chi connectivity index (χ2n) is 5.92. The van der Waals surface area contributed by atoms with Crippen LogP contribution in [-0.4, -0.2) is 27.9 Å². The molecule has 2 amide bonds. The third kappa shape index (κ3) is 3.76. The molecule has 0 unspecified atom stereocenters. The van der Waals surface area contributed by atoms with E-state index in [1.807, 2.05) is 4.57 Å². The third-order valence-corrected chi connectivity index (χ3v) is 4.68. The summed E-state index contributed by atoms with van der Waals surface area (Å²) in [5, 5.41) is 6.27. The van der Waals surface area contributed by atoms with E-state index < -0.39 is 5.91 Å². The first-order valence-electron chi connectivity index (χ1n) is 8.26. The maximum Gasteiger partial charge on any atom is 0.287 e. The van der Waals surface area contributed by atoms with Crippen molar-refractivity contribution in [1.29, 1.82) is 0 Å². The maximum absolute atomic E-state index is 12.8. The number of hydrogen-bond acceptors (Lipinski definition) is 3. The van der Waals surface area contributed by atoms with Crippen LogP contribution in [-0.2, 0) is 13.0 Å². The number of fused-ring (bicyclic) bond motifs is 1. The van der Waals surface area contributed by atoms with Crippen LogP contribution >= 0.6 is 23.2 Å². The molecule has 2 heterocycles. The molecule has 2 N–H and O–H groups in total. The zero-order valence-electron chi connectivity index (χ0n) is 14.0. The molecule has 0 saturated heterocycles. The molecule has 3 rings (SSSR count). The number of amides is 2. The number of nitrogens with one attached hydrogen (secondary N) is 2. The van der Waals surface area contributed by atoms with E-state index in [4.69, 9.17) is 23.2 Å². The Labute approximate surface area is 161 Å². The molecule has 1 aliphatic heterocycles. The lowest BCUT2D eigenvalue weighted by atomic mass is 10.1. The summed E-state index contributed by atoms with van der Waals surface area (Å²) in [6.45, 7) is 4.57. The molecule has 6 nitrogen and oxygen atoms in total. The van der Waals surface area contributed by atoms with Gasteiger partial charge < -0.3 is 15.2 Å². The van der Waals surface area contributed by atoms with E-state index in [2.05, 4.69) is 22.2 Å². The Morgan fingerprint density at radius 2 is 2.08 bits per heavy atom. The van der Waals surface area contributed by atoms with Crippen molar-refractivity contribution in [1.82, 2.24) is 14.9 Å². The molecular formula is C18H18Cl2N4O2. The van der Waals surface area contributed by atoms with Gasteiger partial charge in [0.15, 0.2) is 11.5 Å². The number of nitrogens with zero attached hydrogens (tertiary/aromatic N) is 2. The number of rotatable bonds is 5. The molecule has 0 atom stereocenters. The van der Waals surface area contributed by atoms with Gasteiger partial charge in [-0.3, -0.25) is 9.59 Å². The van der Waals surface area contributed by atoms with E-state index in [0.717, 1.165) is 18.5 Å². The molecule has 0 radical (unpaired) electrons. The molecule has 136 valence electrons. The fourth-order valence-electron chi connectivity index (χ4n) is 2.92. The van der Waals surface area contributed by atoms with Gasteiger partial charge in [0.05, 0.1) is 16.4 Å². The Kier molecular flexibility index (Phi) is 5.64. The van der Waals surface area contributed by atoms with Crippen LogP contribution in [0.25, 0.3) is 0 Å². The molecule has 0 saturated carbocycles. The van der Waals surface area contributed by atoms with E-state index in [9.17, 15) is 9.59 Å². The summed E-state index contributed by atoms with van der Waals surface area (Å²) in [6, 6.07) is 4.82. The van der Waals surface area contributed by atoms with E-state index in [0.29, 0.717) is 35.2 Å². The number of aromatic nitrogens is 2. The van der Waals surface area contributed by atoms with E-state index in [1.54, 1.807) is 24.3 Å². The van der Waals surface area contributed by atoms with Crippen LogP contribution in [0, 0.1) is 0 Å². The lowest BCUT2D eigenvalue weighted by Gasteiger charge is -2.17. The summed E-state index contributed by atoms with van der Waals surface area (Å²) in [7, 11) is 0. The Balaban J connectivity index is 1.92. The summed E-state index contributed by atoms with van der Waals surface area (Å²) in [6.07, 6.45) is 4.16. The number of anilines is 1. The van der Waals surface area contributed by atoms with Crippen LogP contribution in [0.15, 0.2) is 30.9 Å². The maximum atomic E-state index is 12.8. The molecule has 1 aromatic heterocycles. The van der Waals surface area contributed by atoms with E-state index >= 15 is 0 Å². The second-order valence-corrected chi connectivity index (χ2v) is 6.76. The average Bonchev–Trinajstić information content (AvgIpc) is 3.02. The van der Waals surface area contributed by atoms with Gasteiger partial charge in [-0.25, -0.2) is 4.98 Å². The van der Waals surface area contributed by atoms with Crippen LogP contribution < -0.4 is 10.6 Å². The summed E-state index contributed by atoms with van der Waals surface area (Å²) in [5.74, 6) is -0.501. The highest BCUT2D eigenvalue weighted by Gasteiger charge is 2.27. The third-order valence-electron chi connectivity index (χ3n) is 4.12. The molecule has 1 aliphatic rings. The number of carbonyl (C=O) groups excluding carboxylic acids is 2. The summed E-state index contributed by atoms with van der Waals surface area (Å²) in [5.41, 5.74) is 1.40. The average molecular weight is 393 g/mol. The number of benzene rings is 1. The van der Waals surface area contributed by atoms with Crippen LogP contribution in [0.1, 0.15) is 39.6 Å². The fraction of sp³-hybridized carbons (Fsp3) is 0.278. The minimum Gasteiger partial charge on any atom is -0.346 e. The highest BCUT2D eigenvalue weighted by atomic mass is 35.5. The quantitative estimate of drug-likeness (QED) is 0.761. The molecular weight excluding hydrogens is 375 g/mol. The van der Waals surface area contributed by atoms with Gasteiger partial charge in [-0.05, 0) is 37.5 Å². The molecule has 0 bridgehead atoms. The Hall–Kier alpha value is -2.31. The van der Waals surface area contributed by atoms with Gasteiger partial charge in [-0.1, -0.05) is 29.3 Å². The first-order valence-corrected chi connectivity index (χ1v) is 9.01. The summed E-state index contributed by atoms with van der Waals surface area (Å²) >= 11 is 12.1.